The molecule has 1 atom stereocenters. The highest BCUT2D eigenvalue weighted by Crippen LogP contribution is 2.57. The SMILES string of the molecule is c1ccc([SiH]2c3ccccc3C3(c4ccccc4Oc4ccccc43)c3cc(N4c5ccccc5Sc5ccccc54)ccc32)cc1. The predicted octanol–water partition coefficient (Wildman–Crippen LogP) is 8.67. The van der Waals surface area contributed by atoms with Crippen LogP contribution >= 0.6 is 11.8 Å². The third kappa shape index (κ3) is 3.80. The van der Waals surface area contributed by atoms with Gasteiger partial charge in [0, 0.05) is 26.6 Å². The standard InChI is InChI=1S/C43H29NOSSi/c1-2-14-30(15-3-1)47-41-25-13-6-18-33(41)43(31-16-4-9-21-37(31)45-38-22-10-5-17-32(38)43)34-28-29(26-27-42(34)47)44-35-19-7-11-23-39(35)46-40-24-12-8-20-36(40)44/h1-28,47H. The molecule has 2 nitrogen and oxygen atoms in total. The van der Waals surface area contributed by atoms with Crippen LogP contribution in [0.4, 0.5) is 17.1 Å². The summed E-state index contributed by atoms with van der Waals surface area (Å²) in [5, 5.41) is 4.36. The average Bonchev–Trinajstić information content (AvgIpc) is 3.14. The van der Waals surface area contributed by atoms with E-state index in [-0.39, 0.29) is 0 Å². The molecule has 1 spiro atoms. The molecule has 1 unspecified atom stereocenters. The Bertz CT molecular complexity index is 2260. The molecule has 222 valence electrons. The Morgan fingerprint density at radius 1 is 0.468 bits per heavy atom. The molecule has 3 aliphatic heterocycles. The maximum absolute atomic E-state index is 6.68. The Kier molecular flexibility index (Phi) is 5.92. The third-order valence-corrected chi connectivity index (χ3v) is 14.5. The number of anilines is 3. The fraction of sp³-hybridized carbons (Fsp3) is 0.0233. The molecular weight excluding hydrogens is 607 g/mol. The lowest BCUT2D eigenvalue weighted by atomic mass is 9.63. The fourth-order valence-electron chi connectivity index (χ4n) is 8.22. The first-order chi connectivity index (χ1) is 23.3. The second kappa shape index (κ2) is 10.4. The van der Waals surface area contributed by atoms with Gasteiger partial charge in [-0.1, -0.05) is 138 Å². The smallest absolute Gasteiger partial charge is 0.133 e. The highest BCUT2D eigenvalue weighted by atomic mass is 32.2. The maximum atomic E-state index is 6.68. The van der Waals surface area contributed by atoms with Gasteiger partial charge < -0.3 is 9.64 Å². The lowest BCUT2D eigenvalue weighted by Crippen LogP contribution is -2.62. The van der Waals surface area contributed by atoms with Crippen LogP contribution in [0.25, 0.3) is 0 Å². The zero-order chi connectivity index (χ0) is 31.0. The van der Waals surface area contributed by atoms with Gasteiger partial charge in [0.15, 0.2) is 0 Å². The molecule has 0 bridgehead atoms. The number of fused-ring (bicyclic) bond motifs is 10. The van der Waals surface area contributed by atoms with Crippen molar-refractivity contribution in [1.82, 2.24) is 0 Å². The van der Waals surface area contributed by atoms with Crippen LogP contribution in [-0.2, 0) is 5.41 Å². The summed E-state index contributed by atoms with van der Waals surface area (Å²) in [5.74, 6) is 1.84. The Labute approximate surface area is 280 Å². The molecule has 3 heterocycles. The number of ether oxygens (including phenoxy) is 1. The van der Waals surface area contributed by atoms with E-state index in [1.54, 1.807) is 0 Å². The van der Waals surface area contributed by atoms with E-state index >= 15 is 0 Å². The molecule has 4 heteroatoms. The summed E-state index contributed by atoms with van der Waals surface area (Å²) < 4.78 is 6.68. The second-order valence-electron chi connectivity index (χ2n) is 12.4. The largest absolute Gasteiger partial charge is 0.457 e. The van der Waals surface area contributed by atoms with Crippen LogP contribution < -0.4 is 25.2 Å². The molecule has 0 radical (unpaired) electrons. The van der Waals surface area contributed by atoms with Crippen LogP contribution in [0.5, 0.6) is 11.5 Å². The quantitative estimate of drug-likeness (QED) is 0.177. The molecule has 47 heavy (non-hydrogen) atoms. The monoisotopic (exact) mass is 635 g/mol. The van der Waals surface area contributed by atoms with Gasteiger partial charge in [0.2, 0.25) is 0 Å². The number of para-hydroxylation sites is 4. The number of nitrogens with zero attached hydrogens (tertiary/aromatic N) is 1. The van der Waals surface area contributed by atoms with Crippen molar-refractivity contribution in [3.63, 3.8) is 0 Å². The van der Waals surface area contributed by atoms with Crippen molar-refractivity contribution in [2.75, 3.05) is 4.90 Å². The molecule has 7 aromatic carbocycles. The van der Waals surface area contributed by atoms with E-state index < -0.39 is 14.2 Å². The molecule has 0 saturated heterocycles. The van der Waals surface area contributed by atoms with Crippen LogP contribution in [0, 0.1) is 0 Å². The normalized spacial score (nSPS) is 16.1. The molecular formula is C43H29NOSSi. The first-order valence-corrected chi connectivity index (χ1v) is 18.7. The van der Waals surface area contributed by atoms with Gasteiger partial charge in [0.1, 0.15) is 20.3 Å². The Hall–Kier alpha value is -5.29. The Balaban J connectivity index is 1.34. The summed E-state index contributed by atoms with van der Waals surface area (Å²) in [6.07, 6.45) is 0. The van der Waals surface area contributed by atoms with Gasteiger partial charge in [-0.2, -0.15) is 0 Å². The molecule has 3 aliphatic rings. The number of hydrogen-bond donors (Lipinski definition) is 0. The van der Waals surface area contributed by atoms with Crippen LogP contribution in [0.2, 0.25) is 0 Å². The zero-order valence-corrected chi connectivity index (χ0v) is 27.5. The Morgan fingerprint density at radius 3 is 1.68 bits per heavy atom. The van der Waals surface area contributed by atoms with Crippen molar-refractivity contribution < 1.29 is 4.74 Å². The van der Waals surface area contributed by atoms with Crippen molar-refractivity contribution in [3.05, 3.63) is 192 Å². The zero-order valence-electron chi connectivity index (χ0n) is 25.5. The predicted molar refractivity (Wildman–Crippen MR) is 196 cm³/mol. The van der Waals surface area contributed by atoms with Gasteiger partial charge in [0.05, 0.1) is 16.8 Å². The van der Waals surface area contributed by atoms with E-state index in [9.17, 15) is 0 Å². The molecule has 0 aromatic heterocycles. The topological polar surface area (TPSA) is 12.5 Å². The van der Waals surface area contributed by atoms with Crippen molar-refractivity contribution >= 4 is 53.2 Å². The lowest BCUT2D eigenvalue weighted by Gasteiger charge is -2.48. The first kappa shape index (κ1) is 26.9. The van der Waals surface area contributed by atoms with E-state index in [1.165, 1.54) is 64.7 Å². The van der Waals surface area contributed by atoms with E-state index in [4.69, 9.17) is 4.74 Å². The van der Waals surface area contributed by atoms with Gasteiger partial charge >= 0.3 is 0 Å². The van der Waals surface area contributed by atoms with Crippen LogP contribution in [-0.4, -0.2) is 8.80 Å². The highest BCUT2D eigenvalue weighted by Gasteiger charge is 2.51. The van der Waals surface area contributed by atoms with Gasteiger partial charge in [-0.25, -0.2) is 0 Å². The number of rotatable bonds is 2. The molecule has 10 rings (SSSR count). The van der Waals surface area contributed by atoms with E-state index in [2.05, 4.69) is 175 Å². The summed E-state index contributed by atoms with van der Waals surface area (Å²) in [6, 6.07) is 62.7. The third-order valence-electron chi connectivity index (χ3n) is 10.1. The van der Waals surface area contributed by atoms with Gasteiger partial charge in [0.25, 0.3) is 0 Å². The van der Waals surface area contributed by atoms with Crippen LogP contribution in [0.15, 0.2) is 180 Å². The molecule has 0 N–H and O–H groups in total. The van der Waals surface area contributed by atoms with Crippen molar-refractivity contribution in [1.29, 1.82) is 0 Å². The highest BCUT2D eigenvalue weighted by molar-refractivity contribution is 7.99. The summed E-state index contributed by atoms with van der Waals surface area (Å²) in [6.45, 7) is 0. The van der Waals surface area contributed by atoms with E-state index in [0.29, 0.717) is 0 Å². The maximum Gasteiger partial charge on any atom is 0.133 e. The van der Waals surface area contributed by atoms with Crippen molar-refractivity contribution in [2.24, 2.45) is 0 Å². The van der Waals surface area contributed by atoms with Gasteiger partial charge in [-0.15, -0.1) is 0 Å². The molecule has 0 amide bonds. The summed E-state index contributed by atoms with van der Waals surface area (Å²) in [4.78, 5) is 5.00. The fourth-order valence-corrected chi connectivity index (χ4v) is 12.8. The number of benzene rings is 7. The second-order valence-corrected chi connectivity index (χ2v) is 16.3. The van der Waals surface area contributed by atoms with Gasteiger partial charge in [-0.05, 0) is 70.0 Å². The minimum Gasteiger partial charge on any atom is -0.457 e. The first-order valence-electron chi connectivity index (χ1n) is 16.1. The van der Waals surface area contributed by atoms with Crippen LogP contribution in [0.1, 0.15) is 22.3 Å². The molecule has 7 aromatic rings. The summed E-state index contributed by atoms with van der Waals surface area (Å²) in [5.41, 5.74) is 8.16. The summed E-state index contributed by atoms with van der Waals surface area (Å²) >= 11 is 1.85. The molecule has 0 saturated carbocycles. The van der Waals surface area contributed by atoms with E-state index in [0.717, 1.165) is 11.5 Å². The minimum atomic E-state index is -1.87. The molecule has 0 fully saturated rings. The average molecular weight is 636 g/mol. The summed E-state index contributed by atoms with van der Waals surface area (Å²) in [7, 11) is -1.87. The van der Waals surface area contributed by atoms with Crippen molar-refractivity contribution in [3.8, 4) is 11.5 Å². The number of hydrogen-bond acceptors (Lipinski definition) is 3. The van der Waals surface area contributed by atoms with Gasteiger partial charge in [-0.3, -0.25) is 0 Å². The van der Waals surface area contributed by atoms with Crippen molar-refractivity contribution in [2.45, 2.75) is 15.2 Å². The Morgan fingerprint density at radius 2 is 1.00 bits per heavy atom. The van der Waals surface area contributed by atoms with Crippen LogP contribution in [0.3, 0.4) is 0 Å². The van der Waals surface area contributed by atoms with E-state index in [1.807, 2.05) is 11.8 Å². The minimum absolute atomic E-state index is 0.546. The molecule has 0 aliphatic carbocycles. The lowest BCUT2D eigenvalue weighted by molar-refractivity contribution is 0.435.